The predicted octanol–water partition coefficient (Wildman–Crippen LogP) is 6.23. The summed E-state index contributed by atoms with van der Waals surface area (Å²) in [7, 11) is 0. The molecular weight excluding hydrogens is 595 g/mol. The number of carbonyl (C=O) groups excluding carboxylic acids is 4. The first-order valence-corrected chi connectivity index (χ1v) is 14.2. The van der Waals surface area contributed by atoms with E-state index in [0.717, 1.165) is 0 Å². The zero-order chi connectivity index (χ0) is 30.1. The van der Waals surface area contributed by atoms with E-state index < -0.39 is 17.7 Å². The van der Waals surface area contributed by atoms with Gasteiger partial charge in [-0.3, -0.25) is 19.2 Å². The maximum atomic E-state index is 13.4. The summed E-state index contributed by atoms with van der Waals surface area (Å²) in [6.45, 7) is 0. The van der Waals surface area contributed by atoms with Crippen LogP contribution in [-0.4, -0.2) is 29.4 Å². The largest absolute Gasteiger partial charge is 0.366 e. The Kier molecular flexibility index (Phi) is 10.4. The van der Waals surface area contributed by atoms with Crippen LogP contribution in [0.15, 0.2) is 108 Å². The van der Waals surface area contributed by atoms with Crippen LogP contribution in [0.4, 0.5) is 11.4 Å². The Bertz CT molecular complexity index is 1680. The molecule has 4 aromatic rings. The third-order valence-electron chi connectivity index (χ3n) is 5.74. The van der Waals surface area contributed by atoms with Gasteiger partial charge in [0.2, 0.25) is 5.91 Å². The molecule has 4 amide bonds. The molecule has 0 aliphatic carbocycles. The third kappa shape index (κ3) is 8.23. The molecule has 4 rings (SSSR count). The van der Waals surface area contributed by atoms with E-state index in [1.54, 1.807) is 91.0 Å². The molecule has 0 aromatic heterocycles. The zero-order valence-corrected chi connectivity index (χ0v) is 24.2. The molecule has 0 spiro atoms. The fourth-order valence-electron chi connectivity index (χ4n) is 3.73. The Morgan fingerprint density at radius 2 is 1.52 bits per heavy atom. The lowest BCUT2D eigenvalue weighted by Gasteiger charge is -2.13. The number of benzene rings is 4. The maximum Gasteiger partial charge on any atom is 0.272 e. The van der Waals surface area contributed by atoms with Gasteiger partial charge in [0.25, 0.3) is 17.7 Å². The van der Waals surface area contributed by atoms with Gasteiger partial charge in [0.1, 0.15) is 5.70 Å². The van der Waals surface area contributed by atoms with Crippen LogP contribution in [0.3, 0.4) is 0 Å². The lowest BCUT2D eigenvalue weighted by molar-refractivity contribution is -0.114. The summed E-state index contributed by atoms with van der Waals surface area (Å²) in [5, 5.41) is 8.65. The van der Waals surface area contributed by atoms with Crippen molar-refractivity contribution in [2.24, 2.45) is 5.73 Å². The van der Waals surface area contributed by atoms with Crippen LogP contribution in [0.2, 0.25) is 10.0 Å². The number of rotatable bonds is 10. The van der Waals surface area contributed by atoms with Crippen molar-refractivity contribution in [3.63, 3.8) is 0 Å². The Hall–Kier alpha value is -4.57. The highest BCUT2D eigenvalue weighted by Crippen LogP contribution is 2.28. The van der Waals surface area contributed by atoms with Gasteiger partial charge in [-0.1, -0.05) is 71.7 Å². The van der Waals surface area contributed by atoms with Crippen molar-refractivity contribution in [2.45, 2.75) is 4.90 Å². The highest BCUT2D eigenvalue weighted by molar-refractivity contribution is 8.00. The van der Waals surface area contributed by atoms with Gasteiger partial charge in [0.15, 0.2) is 0 Å². The predicted molar refractivity (Wildman–Crippen MR) is 168 cm³/mol. The van der Waals surface area contributed by atoms with E-state index in [4.69, 9.17) is 28.9 Å². The number of nitrogens with two attached hydrogens (primary N) is 1. The fourth-order valence-corrected chi connectivity index (χ4v) is 4.85. The first-order valence-electron chi connectivity index (χ1n) is 12.5. The maximum absolute atomic E-state index is 13.4. The third-order valence-corrected chi connectivity index (χ3v) is 7.57. The molecule has 0 saturated carbocycles. The molecule has 0 aliphatic heterocycles. The topological polar surface area (TPSA) is 130 Å². The van der Waals surface area contributed by atoms with Crippen LogP contribution < -0.4 is 21.7 Å². The van der Waals surface area contributed by atoms with Crippen molar-refractivity contribution >= 4 is 76.0 Å². The summed E-state index contributed by atoms with van der Waals surface area (Å²) < 4.78 is 0. The number of nitrogens with one attached hydrogen (secondary N) is 3. The van der Waals surface area contributed by atoms with E-state index in [9.17, 15) is 19.2 Å². The Labute approximate surface area is 256 Å². The molecule has 0 saturated heterocycles. The molecule has 42 heavy (non-hydrogen) atoms. The van der Waals surface area contributed by atoms with Gasteiger partial charge in [-0.25, -0.2) is 0 Å². The van der Waals surface area contributed by atoms with Gasteiger partial charge >= 0.3 is 0 Å². The number of halogens is 2. The summed E-state index contributed by atoms with van der Waals surface area (Å²) in [5.74, 6) is -2.03. The number of para-hydroxylation sites is 1. The molecule has 4 aromatic carbocycles. The van der Waals surface area contributed by atoms with Crippen LogP contribution in [0.5, 0.6) is 0 Å². The minimum absolute atomic E-state index is 0.0377. The van der Waals surface area contributed by atoms with Crippen LogP contribution in [0.25, 0.3) is 6.08 Å². The molecule has 5 N–H and O–H groups in total. The van der Waals surface area contributed by atoms with Crippen molar-refractivity contribution in [1.82, 2.24) is 5.32 Å². The van der Waals surface area contributed by atoms with Crippen LogP contribution in [-0.2, 0) is 9.59 Å². The molecule has 0 fully saturated rings. The van der Waals surface area contributed by atoms with E-state index in [-0.39, 0.29) is 27.9 Å². The van der Waals surface area contributed by atoms with Gasteiger partial charge in [-0.15, -0.1) is 11.8 Å². The van der Waals surface area contributed by atoms with Crippen LogP contribution >= 0.6 is 35.0 Å². The van der Waals surface area contributed by atoms with Gasteiger partial charge in [0.05, 0.1) is 27.0 Å². The summed E-state index contributed by atoms with van der Waals surface area (Å²) >= 11 is 13.7. The average Bonchev–Trinajstić information content (AvgIpc) is 2.98. The molecule has 0 atom stereocenters. The van der Waals surface area contributed by atoms with Crippen molar-refractivity contribution in [2.75, 3.05) is 16.4 Å². The lowest BCUT2D eigenvalue weighted by Crippen LogP contribution is -2.30. The minimum atomic E-state index is -0.645. The van der Waals surface area contributed by atoms with E-state index in [2.05, 4.69) is 16.0 Å². The number of thioether (sulfide) groups is 1. The summed E-state index contributed by atoms with van der Waals surface area (Å²) in [5.41, 5.74) is 7.09. The first-order chi connectivity index (χ1) is 20.2. The zero-order valence-electron chi connectivity index (χ0n) is 21.9. The molecule has 0 aliphatic rings. The second-order valence-electron chi connectivity index (χ2n) is 8.75. The molecule has 212 valence electrons. The van der Waals surface area contributed by atoms with Crippen molar-refractivity contribution in [3.05, 3.63) is 129 Å². The Balaban J connectivity index is 1.48. The van der Waals surface area contributed by atoms with Crippen molar-refractivity contribution in [3.8, 4) is 0 Å². The summed E-state index contributed by atoms with van der Waals surface area (Å²) in [4.78, 5) is 51.1. The molecule has 11 heteroatoms. The summed E-state index contributed by atoms with van der Waals surface area (Å²) in [6, 6.07) is 26.8. The minimum Gasteiger partial charge on any atom is -0.366 e. The number of carbonyl (C=O) groups is 4. The lowest BCUT2D eigenvalue weighted by atomic mass is 10.1. The summed E-state index contributed by atoms with van der Waals surface area (Å²) in [6.07, 6.45) is 1.44. The van der Waals surface area contributed by atoms with E-state index >= 15 is 0 Å². The number of primary amides is 1. The van der Waals surface area contributed by atoms with Gasteiger partial charge < -0.3 is 21.7 Å². The van der Waals surface area contributed by atoms with Gasteiger partial charge in [0, 0.05) is 16.1 Å². The van der Waals surface area contributed by atoms with E-state index in [1.165, 1.54) is 23.9 Å². The smallest absolute Gasteiger partial charge is 0.272 e. The number of hydrogen-bond acceptors (Lipinski definition) is 5. The van der Waals surface area contributed by atoms with E-state index in [0.29, 0.717) is 32.4 Å². The number of anilines is 2. The van der Waals surface area contributed by atoms with Gasteiger partial charge in [-0.2, -0.15) is 0 Å². The van der Waals surface area contributed by atoms with Crippen molar-refractivity contribution in [1.29, 1.82) is 0 Å². The Morgan fingerprint density at radius 1 is 0.810 bits per heavy atom. The first kappa shape index (κ1) is 30.4. The van der Waals surface area contributed by atoms with E-state index in [1.807, 2.05) is 0 Å². The highest BCUT2D eigenvalue weighted by atomic mass is 35.5. The fraction of sp³-hybridized carbons (Fsp3) is 0.0323. The molecule has 0 heterocycles. The normalized spacial score (nSPS) is 11.0. The number of amides is 4. The van der Waals surface area contributed by atoms with Crippen LogP contribution in [0, 0.1) is 0 Å². The average molecular weight is 620 g/mol. The second-order valence-corrected chi connectivity index (χ2v) is 10.6. The van der Waals surface area contributed by atoms with Crippen molar-refractivity contribution < 1.29 is 19.2 Å². The van der Waals surface area contributed by atoms with Crippen LogP contribution in [0.1, 0.15) is 26.3 Å². The SMILES string of the molecule is NC(=O)c1ccccc1NC(=O)CSc1cccc(NC(=O)/C(=C\c2cccc(Cl)c2Cl)NC(=O)c2ccccc2)c1. The number of hydrogen-bond donors (Lipinski definition) is 4. The quantitative estimate of drug-likeness (QED) is 0.124. The molecule has 8 nitrogen and oxygen atoms in total. The highest BCUT2D eigenvalue weighted by Gasteiger charge is 2.17. The molecule has 0 radical (unpaired) electrons. The molecule has 0 unspecified atom stereocenters. The molecular formula is C31H24Cl2N4O4S. The Morgan fingerprint density at radius 3 is 2.29 bits per heavy atom. The molecule has 0 bridgehead atoms. The standard InChI is InChI=1S/C31H24Cl2N4O4S/c32-24-14-6-10-20(28(24)33)16-26(37-30(40)19-8-2-1-3-9-19)31(41)35-21-11-7-12-22(17-21)42-18-27(38)36-25-15-5-4-13-23(25)29(34)39/h1-17H,18H2,(H2,34,39)(H,35,41)(H,36,38)(H,37,40)/b26-16+. The second kappa shape index (κ2) is 14.4. The van der Waals surface area contributed by atoms with Gasteiger partial charge in [-0.05, 0) is 60.2 Å². The monoisotopic (exact) mass is 618 g/mol.